The first-order valence-electron chi connectivity index (χ1n) is 5.97. The Kier molecular flexibility index (Phi) is 2.32. The molecule has 1 nitrogen and oxygen atoms in total. The van der Waals surface area contributed by atoms with E-state index in [9.17, 15) is 4.79 Å². The number of rotatable bonds is 1. The van der Waals surface area contributed by atoms with Gasteiger partial charge in [0.25, 0.3) is 0 Å². The summed E-state index contributed by atoms with van der Waals surface area (Å²) in [6.45, 7) is 2.09. The van der Waals surface area contributed by atoms with Gasteiger partial charge in [0.2, 0.25) is 0 Å². The number of fused-ring (bicyclic) bond motifs is 1. The van der Waals surface area contributed by atoms with Crippen LogP contribution in [0.15, 0.2) is 42.5 Å². The van der Waals surface area contributed by atoms with Crippen molar-refractivity contribution in [3.8, 4) is 11.1 Å². The molecule has 1 aliphatic rings. The monoisotopic (exact) mass is 222 g/mol. The van der Waals surface area contributed by atoms with E-state index >= 15 is 0 Å². The predicted octanol–water partition coefficient (Wildman–Crippen LogP) is 3.79. The molecule has 0 aliphatic heterocycles. The molecule has 0 saturated heterocycles. The highest BCUT2D eigenvalue weighted by Crippen LogP contribution is 2.28. The van der Waals surface area contributed by atoms with Crippen LogP contribution >= 0.6 is 0 Å². The molecule has 0 fully saturated rings. The zero-order chi connectivity index (χ0) is 11.8. The number of carbonyl (C=O) groups excluding carboxylic acids is 1. The smallest absolute Gasteiger partial charge is 0.163 e. The van der Waals surface area contributed by atoms with Gasteiger partial charge >= 0.3 is 0 Å². The molecular formula is C16H14O. The normalized spacial score (nSPS) is 13.8. The summed E-state index contributed by atoms with van der Waals surface area (Å²) in [5.41, 5.74) is 5.82. The minimum absolute atomic E-state index is 0.287. The molecule has 0 radical (unpaired) electrons. The number of hydrogen-bond acceptors (Lipinski definition) is 1. The van der Waals surface area contributed by atoms with Crippen molar-refractivity contribution in [1.29, 1.82) is 0 Å². The number of ketones is 1. The molecule has 1 aliphatic carbocycles. The number of Topliss-reactive ketones (excluding diaryl/α,β-unsaturated/α-hetero) is 1. The molecule has 2 aromatic rings. The molecule has 3 rings (SSSR count). The number of aryl methyl sites for hydroxylation is 2. The first-order chi connectivity index (χ1) is 8.24. The largest absolute Gasteiger partial charge is 0.294 e. The highest BCUT2D eigenvalue weighted by atomic mass is 16.1. The average molecular weight is 222 g/mol. The average Bonchev–Trinajstić information content (AvgIpc) is 2.72. The van der Waals surface area contributed by atoms with Gasteiger partial charge in [0.15, 0.2) is 5.78 Å². The first kappa shape index (κ1) is 10.3. The number of benzene rings is 2. The van der Waals surface area contributed by atoms with Gasteiger partial charge < -0.3 is 0 Å². The van der Waals surface area contributed by atoms with E-state index in [2.05, 4.69) is 37.3 Å². The second-order valence-corrected chi connectivity index (χ2v) is 4.66. The lowest BCUT2D eigenvalue weighted by atomic mass is 10.00. The topological polar surface area (TPSA) is 17.1 Å². The van der Waals surface area contributed by atoms with Gasteiger partial charge in [-0.25, -0.2) is 0 Å². The van der Waals surface area contributed by atoms with E-state index in [1.54, 1.807) is 0 Å². The maximum atomic E-state index is 11.6. The molecular weight excluding hydrogens is 208 g/mol. The summed E-state index contributed by atoms with van der Waals surface area (Å²) < 4.78 is 0. The van der Waals surface area contributed by atoms with Crippen molar-refractivity contribution in [3.05, 3.63) is 59.2 Å². The van der Waals surface area contributed by atoms with Gasteiger partial charge in [-0.3, -0.25) is 4.79 Å². The lowest BCUT2D eigenvalue weighted by Gasteiger charge is -2.05. The summed E-state index contributed by atoms with van der Waals surface area (Å²) in [4.78, 5) is 11.6. The van der Waals surface area contributed by atoms with Crippen LogP contribution in [0.3, 0.4) is 0 Å². The Hall–Kier alpha value is -1.89. The van der Waals surface area contributed by atoms with E-state index in [4.69, 9.17) is 0 Å². The van der Waals surface area contributed by atoms with Crippen LogP contribution in [0, 0.1) is 6.92 Å². The standard InChI is InChI=1S/C16H14O/c1-11-2-4-12(5-3-11)13-6-8-15-14(10-13)7-9-16(15)17/h2-6,8,10H,7,9H2,1H3. The fraction of sp³-hybridized carbons (Fsp3) is 0.188. The van der Waals surface area contributed by atoms with Gasteiger partial charge in [-0.05, 0) is 30.0 Å². The van der Waals surface area contributed by atoms with E-state index in [1.807, 2.05) is 12.1 Å². The van der Waals surface area contributed by atoms with E-state index in [-0.39, 0.29) is 5.78 Å². The maximum Gasteiger partial charge on any atom is 0.163 e. The highest BCUT2D eigenvalue weighted by molar-refractivity contribution is 6.00. The second-order valence-electron chi connectivity index (χ2n) is 4.66. The lowest BCUT2D eigenvalue weighted by molar-refractivity contribution is 0.0994. The SMILES string of the molecule is Cc1ccc(-c2ccc3c(c2)CCC3=O)cc1. The highest BCUT2D eigenvalue weighted by Gasteiger charge is 2.19. The van der Waals surface area contributed by atoms with Crippen LogP contribution in [0.5, 0.6) is 0 Å². The van der Waals surface area contributed by atoms with Crippen molar-refractivity contribution in [1.82, 2.24) is 0 Å². The Morgan fingerprint density at radius 1 is 0.882 bits per heavy atom. The molecule has 0 bridgehead atoms. The van der Waals surface area contributed by atoms with Crippen LogP contribution in [-0.4, -0.2) is 5.78 Å². The van der Waals surface area contributed by atoms with Gasteiger partial charge in [-0.15, -0.1) is 0 Å². The van der Waals surface area contributed by atoms with E-state index < -0.39 is 0 Å². The predicted molar refractivity (Wildman–Crippen MR) is 69.3 cm³/mol. The van der Waals surface area contributed by atoms with Crippen molar-refractivity contribution in [2.24, 2.45) is 0 Å². The third-order valence-corrected chi connectivity index (χ3v) is 3.41. The van der Waals surface area contributed by atoms with E-state index in [0.717, 1.165) is 12.0 Å². The van der Waals surface area contributed by atoms with Gasteiger partial charge in [0.1, 0.15) is 0 Å². The lowest BCUT2D eigenvalue weighted by Crippen LogP contribution is -1.90. The summed E-state index contributed by atoms with van der Waals surface area (Å²) in [5.74, 6) is 0.287. The Labute approximate surface area is 101 Å². The summed E-state index contributed by atoms with van der Waals surface area (Å²) in [6.07, 6.45) is 1.57. The van der Waals surface area contributed by atoms with Gasteiger partial charge in [-0.2, -0.15) is 0 Å². The summed E-state index contributed by atoms with van der Waals surface area (Å²) in [6, 6.07) is 14.7. The summed E-state index contributed by atoms with van der Waals surface area (Å²) in [7, 11) is 0. The Bertz CT molecular complexity index is 579. The molecule has 0 saturated carbocycles. The molecule has 0 heterocycles. The fourth-order valence-electron chi connectivity index (χ4n) is 2.38. The van der Waals surface area contributed by atoms with Crippen molar-refractivity contribution in [3.63, 3.8) is 0 Å². The van der Waals surface area contributed by atoms with Crippen LogP contribution in [0.2, 0.25) is 0 Å². The molecule has 84 valence electrons. The molecule has 0 N–H and O–H groups in total. The zero-order valence-electron chi connectivity index (χ0n) is 9.86. The quantitative estimate of drug-likeness (QED) is 0.717. The summed E-state index contributed by atoms with van der Waals surface area (Å²) >= 11 is 0. The van der Waals surface area contributed by atoms with Crippen molar-refractivity contribution in [2.75, 3.05) is 0 Å². The van der Waals surface area contributed by atoms with Gasteiger partial charge in [0, 0.05) is 12.0 Å². The minimum Gasteiger partial charge on any atom is -0.294 e. The molecule has 0 amide bonds. The molecule has 0 atom stereocenters. The van der Waals surface area contributed by atoms with Gasteiger partial charge in [0.05, 0.1) is 0 Å². The Morgan fingerprint density at radius 3 is 2.35 bits per heavy atom. The van der Waals surface area contributed by atoms with Crippen LogP contribution in [0.4, 0.5) is 0 Å². The van der Waals surface area contributed by atoms with Crippen LogP contribution in [0.1, 0.15) is 27.9 Å². The van der Waals surface area contributed by atoms with Crippen LogP contribution in [0.25, 0.3) is 11.1 Å². The first-order valence-corrected chi connectivity index (χ1v) is 5.97. The van der Waals surface area contributed by atoms with Crippen molar-refractivity contribution < 1.29 is 4.79 Å². The van der Waals surface area contributed by atoms with Crippen LogP contribution < -0.4 is 0 Å². The van der Waals surface area contributed by atoms with Crippen molar-refractivity contribution in [2.45, 2.75) is 19.8 Å². The third-order valence-electron chi connectivity index (χ3n) is 3.41. The molecule has 17 heavy (non-hydrogen) atoms. The molecule has 1 heteroatoms. The zero-order valence-corrected chi connectivity index (χ0v) is 9.86. The maximum absolute atomic E-state index is 11.6. The third kappa shape index (κ3) is 1.78. The fourth-order valence-corrected chi connectivity index (χ4v) is 2.38. The molecule has 0 spiro atoms. The van der Waals surface area contributed by atoms with Gasteiger partial charge in [-0.1, -0.05) is 48.0 Å². The second kappa shape index (κ2) is 3.85. The minimum atomic E-state index is 0.287. The molecule has 0 aromatic heterocycles. The van der Waals surface area contributed by atoms with Crippen LogP contribution in [-0.2, 0) is 6.42 Å². The van der Waals surface area contributed by atoms with E-state index in [0.29, 0.717) is 6.42 Å². The van der Waals surface area contributed by atoms with Crippen molar-refractivity contribution >= 4 is 5.78 Å². The Balaban J connectivity index is 2.05. The number of hydrogen-bond donors (Lipinski definition) is 0. The van der Waals surface area contributed by atoms with E-state index in [1.165, 1.54) is 22.3 Å². The molecule has 2 aromatic carbocycles. The summed E-state index contributed by atoms with van der Waals surface area (Å²) in [5, 5.41) is 0. The number of carbonyl (C=O) groups is 1. The molecule has 0 unspecified atom stereocenters. The Morgan fingerprint density at radius 2 is 1.59 bits per heavy atom.